The molecule has 2 N–H and O–H groups in total. The minimum absolute atomic E-state index is 0.0326. The average molecular weight is 412 g/mol. The van der Waals surface area contributed by atoms with E-state index in [1.807, 2.05) is 36.4 Å². The van der Waals surface area contributed by atoms with Crippen LogP contribution < -0.4 is 5.32 Å². The quantitative estimate of drug-likeness (QED) is 0.628. The van der Waals surface area contributed by atoms with Crippen molar-refractivity contribution in [2.45, 2.75) is 12.6 Å². The van der Waals surface area contributed by atoms with Crippen LogP contribution in [0.2, 0.25) is 0 Å². The van der Waals surface area contributed by atoms with Crippen molar-refractivity contribution in [3.05, 3.63) is 65.5 Å². The second-order valence-corrected chi connectivity index (χ2v) is 6.36. The summed E-state index contributed by atoms with van der Waals surface area (Å²) in [5.41, 5.74) is 5.83. The van der Waals surface area contributed by atoms with Gasteiger partial charge in [0.25, 0.3) is 5.91 Å². The Hall–Kier alpha value is -3.93. The van der Waals surface area contributed by atoms with E-state index >= 15 is 0 Å². The molecule has 1 aliphatic rings. The molecular weight excluding hydrogens is 397 g/mol. The number of aromatic nitrogens is 2. The molecule has 0 saturated heterocycles. The summed E-state index contributed by atoms with van der Waals surface area (Å²) >= 11 is 0. The van der Waals surface area contributed by atoms with Crippen LogP contribution in [0.5, 0.6) is 0 Å². The van der Waals surface area contributed by atoms with Crippen LogP contribution in [0, 0.1) is 11.3 Å². The molecule has 3 aromatic rings. The normalized spacial score (nSPS) is 12.7. The number of aldehydes is 1. The number of aromatic amines is 1. The summed E-state index contributed by atoms with van der Waals surface area (Å²) < 4.78 is 31.2. The third kappa shape index (κ3) is 4.91. The molecular formula is C21H15F3N4O2. The first-order chi connectivity index (χ1) is 14.3. The molecule has 0 spiro atoms. The summed E-state index contributed by atoms with van der Waals surface area (Å²) in [5.74, 6) is -0.0326. The van der Waals surface area contributed by atoms with Crippen LogP contribution in [0.25, 0.3) is 22.5 Å². The van der Waals surface area contributed by atoms with Gasteiger partial charge >= 0.3 is 6.18 Å². The molecule has 0 radical (unpaired) electrons. The van der Waals surface area contributed by atoms with Crippen molar-refractivity contribution in [1.29, 1.82) is 5.26 Å². The van der Waals surface area contributed by atoms with Crippen LogP contribution in [-0.2, 0) is 11.2 Å². The molecule has 0 aliphatic carbocycles. The Balaban J connectivity index is 0.000000377. The summed E-state index contributed by atoms with van der Waals surface area (Å²) in [6.07, 6.45) is -3.15. The zero-order chi connectivity index (χ0) is 21.7. The lowest BCUT2D eigenvalue weighted by Gasteiger charge is -2.10. The minimum Gasteiger partial charge on any atom is -0.358 e. The summed E-state index contributed by atoms with van der Waals surface area (Å²) in [5, 5.41) is 11.9. The molecule has 0 atom stereocenters. The second kappa shape index (κ2) is 8.61. The van der Waals surface area contributed by atoms with Gasteiger partial charge in [-0.2, -0.15) is 18.4 Å². The highest BCUT2D eigenvalue weighted by Gasteiger charge is 2.25. The number of nitrogens with zero attached hydrogens (tertiary/aromatic N) is 2. The minimum atomic E-state index is -4.64. The first-order valence-corrected chi connectivity index (χ1v) is 8.81. The monoisotopic (exact) mass is 412 g/mol. The number of H-pyrrole nitrogens is 1. The van der Waals surface area contributed by atoms with Crippen molar-refractivity contribution in [2.75, 3.05) is 6.54 Å². The largest absolute Gasteiger partial charge is 0.446 e. The van der Waals surface area contributed by atoms with E-state index in [2.05, 4.69) is 21.4 Å². The van der Waals surface area contributed by atoms with Crippen molar-refractivity contribution in [1.82, 2.24) is 15.3 Å². The van der Waals surface area contributed by atoms with E-state index in [1.165, 1.54) is 0 Å². The number of hydrogen-bond donors (Lipinski definition) is 2. The molecule has 0 saturated carbocycles. The number of benzene rings is 1. The number of fused-ring (bicyclic) bond motifs is 1. The Morgan fingerprint density at radius 2 is 1.90 bits per heavy atom. The van der Waals surface area contributed by atoms with Gasteiger partial charge in [0.15, 0.2) is 0 Å². The molecule has 0 bridgehead atoms. The smallest absolute Gasteiger partial charge is 0.358 e. The number of pyridine rings is 1. The van der Waals surface area contributed by atoms with Gasteiger partial charge in [-0.1, -0.05) is 12.1 Å². The van der Waals surface area contributed by atoms with Crippen molar-refractivity contribution in [3.8, 4) is 28.6 Å². The van der Waals surface area contributed by atoms with Crippen LogP contribution in [0.4, 0.5) is 13.2 Å². The molecule has 0 unspecified atom stereocenters. The SMILES string of the molecule is N#Cc1cccc(-c2cc(-c3cc4c([nH]3)CCNC4=O)ccn2)c1.O=CC(F)(F)F. The van der Waals surface area contributed by atoms with E-state index < -0.39 is 12.5 Å². The maximum atomic E-state index is 11.9. The fourth-order valence-electron chi connectivity index (χ4n) is 2.95. The maximum absolute atomic E-state index is 11.9. The van der Waals surface area contributed by atoms with E-state index in [0.29, 0.717) is 17.7 Å². The van der Waals surface area contributed by atoms with Gasteiger partial charge in [-0.25, -0.2) is 0 Å². The van der Waals surface area contributed by atoms with Crippen LogP contribution >= 0.6 is 0 Å². The van der Waals surface area contributed by atoms with E-state index in [-0.39, 0.29) is 5.91 Å². The number of rotatable bonds is 2. The van der Waals surface area contributed by atoms with Gasteiger partial charge in [0.2, 0.25) is 6.29 Å². The lowest BCUT2D eigenvalue weighted by atomic mass is 10.0. The van der Waals surface area contributed by atoms with Gasteiger partial charge in [-0.05, 0) is 30.3 Å². The van der Waals surface area contributed by atoms with Gasteiger partial charge in [-0.3, -0.25) is 14.6 Å². The fraction of sp³-hybridized carbons (Fsp3) is 0.143. The molecule has 0 fully saturated rings. The zero-order valence-corrected chi connectivity index (χ0v) is 15.5. The maximum Gasteiger partial charge on any atom is 0.446 e. The number of nitrogens with one attached hydrogen (secondary N) is 2. The predicted octanol–water partition coefficient (Wildman–Crippen LogP) is 3.65. The highest BCUT2D eigenvalue weighted by molar-refractivity contribution is 5.97. The Kier molecular flexibility index (Phi) is 5.97. The summed E-state index contributed by atoms with van der Waals surface area (Å²) in [6.45, 7) is 0.661. The Bertz CT molecular complexity index is 1130. The first-order valence-electron chi connectivity index (χ1n) is 8.81. The number of halogens is 3. The lowest BCUT2D eigenvalue weighted by molar-refractivity contribution is -0.156. The first kappa shape index (κ1) is 20.8. The summed E-state index contributed by atoms with van der Waals surface area (Å²) in [7, 11) is 0. The van der Waals surface area contributed by atoms with Crippen molar-refractivity contribution < 1.29 is 22.8 Å². The molecule has 1 aromatic carbocycles. The molecule has 1 amide bonds. The van der Waals surface area contributed by atoms with Gasteiger partial charge < -0.3 is 10.3 Å². The number of nitriles is 1. The summed E-state index contributed by atoms with van der Waals surface area (Å²) in [4.78, 5) is 28.4. The van der Waals surface area contributed by atoms with Crippen molar-refractivity contribution in [2.24, 2.45) is 0 Å². The number of carbonyl (C=O) groups is 2. The topological polar surface area (TPSA) is 98.6 Å². The number of amides is 1. The van der Waals surface area contributed by atoms with Crippen LogP contribution in [0.3, 0.4) is 0 Å². The second-order valence-electron chi connectivity index (χ2n) is 6.36. The number of carbonyl (C=O) groups excluding carboxylic acids is 2. The Morgan fingerprint density at radius 1 is 1.13 bits per heavy atom. The highest BCUT2D eigenvalue weighted by atomic mass is 19.4. The Morgan fingerprint density at radius 3 is 2.57 bits per heavy atom. The molecule has 6 nitrogen and oxygen atoms in total. The molecule has 4 rings (SSSR count). The zero-order valence-electron chi connectivity index (χ0n) is 15.5. The van der Waals surface area contributed by atoms with Gasteiger partial charge in [0, 0.05) is 41.7 Å². The third-order valence-corrected chi connectivity index (χ3v) is 4.30. The molecule has 9 heteroatoms. The van der Waals surface area contributed by atoms with Crippen LogP contribution in [-0.4, -0.2) is 34.9 Å². The van der Waals surface area contributed by atoms with Gasteiger partial charge in [0.1, 0.15) is 0 Å². The lowest BCUT2D eigenvalue weighted by Crippen LogP contribution is -2.31. The van der Waals surface area contributed by atoms with Gasteiger partial charge in [-0.15, -0.1) is 0 Å². The molecule has 30 heavy (non-hydrogen) atoms. The number of alkyl halides is 3. The summed E-state index contributed by atoms with van der Waals surface area (Å²) in [6, 6.07) is 15.3. The van der Waals surface area contributed by atoms with E-state index in [9.17, 15) is 18.0 Å². The van der Waals surface area contributed by atoms with Crippen LogP contribution in [0.15, 0.2) is 48.7 Å². The molecule has 1 aliphatic heterocycles. The Labute approximate surface area is 169 Å². The standard InChI is InChI=1S/C19H14N4O.C2HF3O/c20-11-12-2-1-3-13(8-12)17-9-14(4-6-21-17)18-10-15-16(23-18)5-7-22-19(15)24;3-2(4,5)1-6/h1-4,6,8-10,23H,5,7H2,(H,22,24);1H. The van der Waals surface area contributed by atoms with Crippen molar-refractivity contribution >= 4 is 12.2 Å². The predicted molar refractivity (Wildman–Crippen MR) is 102 cm³/mol. The highest BCUT2D eigenvalue weighted by Crippen LogP contribution is 2.27. The fourth-order valence-corrected chi connectivity index (χ4v) is 2.95. The van der Waals surface area contributed by atoms with Crippen molar-refractivity contribution in [3.63, 3.8) is 0 Å². The molecule has 3 heterocycles. The van der Waals surface area contributed by atoms with Crippen LogP contribution in [0.1, 0.15) is 21.6 Å². The van der Waals surface area contributed by atoms with E-state index in [4.69, 9.17) is 10.1 Å². The van der Waals surface area contributed by atoms with E-state index in [0.717, 1.165) is 34.6 Å². The average Bonchev–Trinajstić information content (AvgIpc) is 3.20. The molecule has 152 valence electrons. The number of hydrogen-bond acceptors (Lipinski definition) is 4. The van der Waals surface area contributed by atoms with Gasteiger partial charge in [0.05, 0.1) is 22.9 Å². The molecule has 2 aromatic heterocycles. The third-order valence-electron chi connectivity index (χ3n) is 4.30. The van der Waals surface area contributed by atoms with E-state index in [1.54, 1.807) is 12.3 Å².